The molecule has 10 heteroatoms. The molecule has 0 unspecified atom stereocenters. The zero-order chi connectivity index (χ0) is 26.5. The third kappa shape index (κ3) is 5.82. The van der Waals surface area contributed by atoms with E-state index in [1.165, 1.54) is 47.8 Å². The van der Waals surface area contributed by atoms with Crippen LogP contribution in [0.25, 0.3) is 0 Å². The first kappa shape index (κ1) is 25.4. The second kappa shape index (κ2) is 11.4. The number of hydrogen-bond acceptors (Lipinski definition) is 8. The van der Waals surface area contributed by atoms with Gasteiger partial charge in [-0.15, -0.1) is 0 Å². The van der Waals surface area contributed by atoms with Crippen molar-refractivity contribution in [1.82, 2.24) is 9.97 Å². The van der Waals surface area contributed by atoms with Crippen molar-refractivity contribution >= 4 is 58.3 Å². The van der Waals surface area contributed by atoms with Crippen molar-refractivity contribution in [3.05, 3.63) is 107 Å². The molecular weight excluding hydrogens is 520 g/mol. The highest BCUT2D eigenvalue weighted by Crippen LogP contribution is 2.31. The maximum absolute atomic E-state index is 13.2. The second-order valence-corrected chi connectivity index (χ2v) is 10.2. The molecular formula is C28H20N4O4S2. The number of anilines is 2. The molecule has 2 aromatic carbocycles. The lowest BCUT2D eigenvalue weighted by Gasteiger charge is -2.19. The summed E-state index contributed by atoms with van der Waals surface area (Å²) in [6.07, 6.45) is 3.31. The van der Waals surface area contributed by atoms with E-state index in [9.17, 15) is 19.2 Å². The van der Waals surface area contributed by atoms with Gasteiger partial charge in [0.05, 0.1) is 21.6 Å². The highest BCUT2D eigenvalue weighted by atomic mass is 32.2. The third-order valence-electron chi connectivity index (χ3n) is 5.56. The Morgan fingerprint density at radius 2 is 1.05 bits per heavy atom. The summed E-state index contributed by atoms with van der Waals surface area (Å²) in [6, 6.07) is 20.2. The zero-order valence-electron chi connectivity index (χ0n) is 19.8. The highest BCUT2D eigenvalue weighted by Gasteiger charge is 2.30. The number of rotatable bonds is 8. The first-order valence-corrected chi connectivity index (χ1v) is 13.5. The average molecular weight is 541 g/mol. The monoisotopic (exact) mass is 540 g/mol. The first-order chi connectivity index (χ1) is 18.5. The van der Waals surface area contributed by atoms with E-state index in [-0.39, 0.29) is 57.1 Å². The van der Waals surface area contributed by atoms with Crippen molar-refractivity contribution in [1.29, 1.82) is 0 Å². The Bertz CT molecular complexity index is 1430. The van der Waals surface area contributed by atoms with Gasteiger partial charge in [0.1, 0.15) is 0 Å². The fourth-order valence-electron chi connectivity index (χ4n) is 3.84. The van der Waals surface area contributed by atoms with Crippen LogP contribution in [-0.2, 0) is 9.59 Å². The van der Waals surface area contributed by atoms with E-state index in [4.69, 9.17) is 0 Å². The molecule has 2 amide bonds. The lowest BCUT2D eigenvalue weighted by Crippen LogP contribution is -2.22. The summed E-state index contributed by atoms with van der Waals surface area (Å²) in [5.41, 5.74) is 1.79. The van der Waals surface area contributed by atoms with Gasteiger partial charge in [0.2, 0.25) is 11.8 Å². The SMILES string of the molecule is O=C(CSc1ccccn1)Nc1ccc2c(c1)C(=O)c1ccc(NC(=O)CSc3ccccn3)cc1C2=O. The van der Waals surface area contributed by atoms with Crippen LogP contribution in [0.2, 0.25) is 0 Å². The van der Waals surface area contributed by atoms with E-state index in [0.29, 0.717) is 11.4 Å². The van der Waals surface area contributed by atoms with Crippen molar-refractivity contribution in [2.24, 2.45) is 0 Å². The summed E-state index contributed by atoms with van der Waals surface area (Å²) in [4.78, 5) is 59.6. The Kier molecular flexibility index (Phi) is 7.62. The normalized spacial score (nSPS) is 11.9. The Balaban J connectivity index is 1.25. The van der Waals surface area contributed by atoms with Gasteiger partial charge in [-0.05, 0) is 60.7 Å². The number of thioether (sulfide) groups is 2. The number of nitrogens with zero attached hydrogens (tertiary/aromatic N) is 2. The summed E-state index contributed by atoms with van der Waals surface area (Å²) < 4.78 is 0. The lowest BCUT2D eigenvalue weighted by atomic mass is 9.83. The molecule has 188 valence electrons. The minimum atomic E-state index is -0.322. The van der Waals surface area contributed by atoms with Crippen LogP contribution in [0, 0.1) is 0 Å². The van der Waals surface area contributed by atoms with E-state index >= 15 is 0 Å². The molecule has 0 saturated carbocycles. The van der Waals surface area contributed by atoms with E-state index < -0.39 is 0 Å². The zero-order valence-corrected chi connectivity index (χ0v) is 21.5. The molecule has 0 aliphatic heterocycles. The van der Waals surface area contributed by atoms with Gasteiger partial charge in [0.25, 0.3) is 0 Å². The van der Waals surface area contributed by atoms with Crippen LogP contribution in [0.1, 0.15) is 31.8 Å². The van der Waals surface area contributed by atoms with Crippen LogP contribution in [0.3, 0.4) is 0 Å². The highest BCUT2D eigenvalue weighted by molar-refractivity contribution is 8.00. The van der Waals surface area contributed by atoms with E-state index in [0.717, 1.165) is 10.1 Å². The van der Waals surface area contributed by atoms with Gasteiger partial charge in [0, 0.05) is 46.0 Å². The van der Waals surface area contributed by atoms with Crippen molar-refractivity contribution in [3.63, 3.8) is 0 Å². The molecule has 0 fully saturated rings. The number of benzene rings is 2. The number of pyridine rings is 2. The molecule has 8 nitrogen and oxygen atoms in total. The number of nitrogens with one attached hydrogen (secondary N) is 2. The van der Waals surface area contributed by atoms with Crippen molar-refractivity contribution in [2.45, 2.75) is 10.1 Å². The summed E-state index contributed by atoms with van der Waals surface area (Å²) in [5.74, 6) is -0.846. The number of carbonyl (C=O) groups is 4. The maximum Gasteiger partial charge on any atom is 0.234 e. The topological polar surface area (TPSA) is 118 Å². The van der Waals surface area contributed by atoms with Gasteiger partial charge in [0.15, 0.2) is 11.6 Å². The molecule has 0 spiro atoms. The second-order valence-electron chi connectivity index (χ2n) is 8.19. The summed E-state index contributed by atoms with van der Waals surface area (Å²) in [7, 11) is 0. The van der Waals surface area contributed by atoms with Gasteiger partial charge < -0.3 is 10.6 Å². The fraction of sp³-hybridized carbons (Fsp3) is 0.0714. The summed E-state index contributed by atoms with van der Waals surface area (Å²) >= 11 is 2.59. The van der Waals surface area contributed by atoms with Crippen molar-refractivity contribution in [2.75, 3.05) is 22.1 Å². The first-order valence-electron chi connectivity index (χ1n) is 11.5. The van der Waals surface area contributed by atoms with Crippen LogP contribution >= 0.6 is 23.5 Å². The van der Waals surface area contributed by atoms with Crippen LogP contribution in [0.5, 0.6) is 0 Å². The predicted octanol–water partition coefficient (Wildman–Crippen LogP) is 4.71. The van der Waals surface area contributed by atoms with Crippen molar-refractivity contribution < 1.29 is 19.2 Å². The maximum atomic E-state index is 13.2. The molecule has 2 heterocycles. The molecule has 1 aliphatic rings. The predicted molar refractivity (Wildman–Crippen MR) is 147 cm³/mol. The summed E-state index contributed by atoms with van der Waals surface area (Å²) in [5, 5.41) is 7.00. The largest absolute Gasteiger partial charge is 0.325 e. The molecule has 4 aromatic rings. The molecule has 0 saturated heterocycles. The van der Waals surface area contributed by atoms with Gasteiger partial charge >= 0.3 is 0 Å². The molecule has 2 N–H and O–H groups in total. The van der Waals surface area contributed by atoms with Crippen LogP contribution in [0.15, 0.2) is 95.2 Å². The smallest absolute Gasteiger partial charge is 0.234 e. The number of ketones is 2. The molecule has 0 bridgehead atoms. The lowest BCUT2D eigenvalue weighted by molar-refractivity contribution is -0.114. The molecule has 5 rings (SSSR count). The van der Waals surface area contributed by atoms with Crippen LogP contribution in [0.4, 0.5) is 11.4 Å². The van der Waals surface area contributed by atoms with Crippen LogP contribution < -0.4 is 10.6 Å². The summed E-state index contributed by atoms with van der Waals surface area (Å²) in [6.45, 7) is 0. The number of fused-ring (bicyclic) bond motifs is 2. The number of amides is 2. The van der Waals surface area contributed by atoms with Crippen molar-refractivity contribution in [3.8, 4) is 0 Å². The van der Waals surface area contributed by atoms with Crippen LogP contribution in [-0.4, -0.2) is 44.9 Å². The quantitative estimate of drug-likeness (QED) is 0.272. The Labute approximate surface area is 226 Å². The third-order valence-corrected chi connectivity index (χ3v) is 7.45. The van der Waals surface area contributed by atoms with E-state index in [1.807, 2.05) is 24.3 Å². The van der Waals surface area contributed by atoms with Gasteiger partial charge in [-0.2, -0.15) is 0 Å². The number of carbonyl (C=O) groups excluding carboxylic acids is 4. The standard InChI is InChI=1S/C28H20N4O4S2/c33-23(15-37-25-5-1-3-11-29-25)31-17-7-9-19-21(13-17)27(35)20-10-8-18(14-22(20)28(19)36)32-24(34)16-38-26-6-2-4-12-30-26/h1-14H,15-16H2,(H,31,33)(H,32,34). The van der Waals surface area contributed by atoms with Gasteiger partial charge in [-0.3, -0.25) is 19.2 Å². The minimum absolute atomic E-state index is 0.151. The number of aromatic nitrogens is 2. The average Bonchev–Trinajstić information content (AvgIpc) is 2.95. The van der Waals surface area contributed by atoms with Gasteiger partial charge in [-0.1, -0.05) is 35.7 Å². The molecule has 0 atom stereocenters. The fourth-order valence-corrected chi connectivity index (χ4v) is 5.17. The van der Waals surface area contributed by atoms with E-state index in [1.54, 1.807) is 36.7 Å². The number of hydrogen-bond donors (Lipinski definition) is 2. The molecule has 38 heavy (non-hydrogen) atoms. The minimum Gasteiger partial charge on any atom is -0.325 e. The van der Waals surface area contributed by atoms with E-state index in [2.05, 4.69) is 20.6 Å². The Morgan fingerprint density at radius 3 is 1.45 bits per heavy atom. The molecule has 1 aliphatic carbocycles. The Morgan fingerprint density at radius 1 is 0.605 bits per heavy atom. The molecule has 2 aromatic heterocycles. The molecule has 0 radical (unpaired) electrons. The van der Waals surface area contributed by atoms with Gasteiger partial charge in [-0.25, -0.2) is 9.97 Å². The Hall–Kier alpha value is -4.28.